The first-order chi connectivity index (χ1) is 6.43. The lowest BCUT2D eigenvalue weighted by molar-refractivity contribution is 1.06. The van der Waals surface area contributed by atoms with Crippen molar-refractivity contribution in [3.63, 3.8) is 0 Å². The van der Waals surface area contributed by atoms with E-state index in [1.807, 2.05) is 12.1 Å². The summed E-state index contributed by atoms with van der Waals surface area (Å²) >= 11 is 0. The lowest BCUT2D eigenvalue weighted by atomic mass is 10.1. The topological polar surface area (TPSA) is 24.7 Å². The van der Waals surface area contributed by atoms with Gasteiger partial charge in [-0.1, -0.05) is 24.3 Å². The summed E-state index contributed by atoms with van der Waals surface area (Å²) in [5.41, 5.74) is 0. The van der Waals surface area contributed by atoms with E-state index in [1.54, 1.807) is 0 Å². The fraction of sp³-hybridized carbons (Fsp3) is 0.0909. The number of fused-ring (bicyclic) bond motifs is 2. The monoisotopic (exact) mass is 168 g/mol. The second-order valence-electron chi connectivity index (χ2n) is 3.15. The van der Waals surface area contributed by atoms with Crippen LogP contribution in [0.25, 0.3) is 10.8 Å². The molecule has 0 bridgehead atoms. The summed E-state index contributed by atoms with van der Waals surface area (Å²) in [5, 5.41) is 4.53. The molecule has 2 aromatic rings. The van der Waals surface area contributed by atoms with Gasteiger partial charge in [-0.2, -0.15) is 0 Å². The van der Waals surface area contributed by atoms with Gasteiger partial charge in [0.2, 0.25) is 0 Å². The Balaban J connectivity index is 2.58. The Bertz CT molecular complexity index is 532. The third-order valence-electron chi connectivity index (χ3n) is 2.32. The summed E-state index contributed by atoms with van der Waals surface area (Å²) in [7, 11) is 0. The molecule has 1 heterocycles. The highest BCUT2D eigenvalue weighted by Crippen LogP contribution is 2.08. The molecule has 0 atom stereocenters. The maximum Gasteiger partial charge on any atom is 0.130 e. The molecular formula is C11H8N2. The zero-order valence-electron chi connectivity index (χ0n) is 7.07. The molecule has 0 fully saturated rings. The lowest BCUT2D eigenvalue weighted by Gasteiger charge is -1.93. The van der Waals surface area contributed by atoms with Crippen LogP contribution in [0.5, 0.6) is 0 Å². The van der Waals surface area contributed by atoms with Gasteiger partial charge < -0.3 is 0 Å². The van der Waals surface area contributed by atoms with Gasteiger partial charge in [0.05, 0.1) is 10.7 Å². The van der Waals surface area contributed by atoms with Crippen LogP contribution in [0, 0.1) is 0 Å². The maximum absolute atomic E-state index is 4.28. The molecule has 0 aliphatic carbocycles. The largest absolute Gasteiger partial charge is 0.260 e. The summed E-state index contributed by atoms with van der Waals surface area (Å²) in [5.74, 6) is 0. The molecule has 1 aliphatic heterocycles. The number of hydrogen-bond donors (Lipinski definition) is 0. The first-order valence-electron chi connectivity index (χ1n) is 4.31. The third-order valence-corrected chi connectivity index (χ3v) is 2.32. The fourth-order valence-corrected chi connectivity index (χ4v) is 1.66. The molecule has 1 aliphatic rings. The van der Waals surface area contributed by atoms with Crippen molar-refractivity contribution in [1.29, 1.82) is 0 Å². The average Bonchev–Trinajstić information content (AvgIpc) is 2.61. The Labute approximate surface area is 75.3 Å². The quantitative estimate of drug-likeness (QED) is 0.561. The van der Waals surface area contributed by atoms with Crippen molar-refractivity contribution in [2.45, 2.75) is 0 Å². The molecule has 0 amide bonds. The SMILES string of the molecule is c1ccc2cc3c(cc2c1)=NCN=3. The molecule has 62 valence electrons. The predicted molar refractivity (Wildman–Crippen MR) is 51.1 cm³/mol. The van der Waals surface area contributed by atoms with Crippen molar-refractivity contribution < 1.29 is 0 Å². The van der Waals surface area contributed by atoms with Gasteiger partial charge in [-0.25, -0.2) is 0 Å². The summed E-state index contributed by atoms with van der Waals surface area (Å²) in [6.07, 6.45) is 0. The zero-order valence-corrected chi connectivity index (χ0v) is 7.07. The Morgan fingerprint density at radius 3 is 1.92 bits per heavy atom. The van der Waals surface area contributed by atoms with E-state index in [1.165, 1.54) is 10.8 Å². The van der Waals surface area contributed by atoms with Crippen molar-refractivity contribution in [1.82, 2.24) is 0 Å². The van der Waals surface area contributed by atoms with Crippen molar-refractivity contribution in [2.24, 2.45) is 9.98 Å². The van der Waals surface area contributed by atoms with E-state index in [4.69, 9.17) is 0 Å². The Morgan fingerprint density at radius 2 is 1.38 bits per heavy atom. The molecule has 0 aromatic heterocycles. The number of hydrogen-bond acceptors (Lipinski definition) is 2. The molecule has 2 aromatic carbocycles. The summed E-state index contributed by atoms with van der Waals surface area (Å²) < 4.78 is 0. The minimum Gasteiger partial charge on any atom is -0.260 e. The zero-order chi connectivity index (χ0) is 8.67. The van der Waals surface area contributed by atoms with Crippen molar-refractivity contribution >= 4 is 10.8 Å². The van der Waals surface area contributed by atoms with Crippen molar-refractivity contribution in [2.75, 3.05) is 6.67 Å². The number of nitrogens with zero attached hydrogens (tertiary/aromatic N) is 2. The second kappa shape index (κ2) is 2.39. The smallest absolute Gasteiger partial charge is 0.130 e. The Hall–Kier alpha value is -1.70. The van der Waals surface area contributed by atoms with Crippen molar-refractivity contribution in [3.05, 3.63) is 47.1 Å². The minimum atomic E-state index is 0.589. The molecule has 2 nitrogen and oxygen atoms in total. The van der Waals surface area contributed by atoms with Gasteiger partial charge >= 0.3 is 0 Å². The Kier molecular flexibility index (Phi) is 1.25. The van der Waals surface area contributed by atoms with Crippen LogP contribution in [0.2, 0.25) is 0 Å². The molecular weight excluding hydrogens is 160 g/mol. The summed E-state index contributed by atoms with van der Waals surface area (Å²) in [4.78, 5) is 8.57. The van der Waals surface area contributed by atoms with Gasteiger partial charge in [-0.05, 0) is 22.9 Å². The van der Waals surface area contributed by atoms with E-state index in [0.29, 0.717) is 6.67 Å². The normalized spacial score (nSPS) is 13.5. The first kappa shape index (κ1) is 6.78. The fourth-order valence-electron chi connectivity index (χ4n) is 1.66. The average molecular weight is 168 g/mol. The number of rotatable bonds is 0. The van der Waals surface area contributed by atoms with Crippen molar-refractivity contribution in [3.8, 4) is 0 Å². The van der Waals surface area contributed by atoms with Crippen LogP contribution >= 0.6 is 0 Å². The van der Waals surface area contributed by atoms with Gasteiger partial charge in [0.25, 0.3) is 0 Å². The minimum absolute atomic E-state index is 0.589. The van der Waals surface area contributed by atoms with E-state index >= 15 is 0 Å². The van der Waals surface area contributed by atoms with Crippen LogP contribution in [0.3, 0.4) is 0 Å². The molecule has 0 N–H and O–H groups in total. The molecule has 0 saturated heterocycles. The third kappa shape index (κ3) is 0.952. The molecule has 3 rings (SSSR count). The standard InChI is InChI=1S/C11H8N2/c1-2-4-9-6-11-10(12-7-13-11)5-8(9)3-1/h1-6H,7H2. The van der Waals surface area contributed by atoms with E-state index in [-0.39, 0.29) is 0 Å². The van der Waals surface area contributed by atoms with Gasteiger partial charge in [0.1, 0.15) is 6.67 Å². The van der Waals surface area contributed by atoms with Gasteiger partial charge in [0.15, 0.2) is 0 Å². The highest BCUT2D eigenvalue weighted by atomic mass is 15.0. The highest BCUT2D eigenvalue weighted by Gasteiger charge is 1.98. The molecule has 2 heteroatoms. The lowest BCUT2D eigenvalue weighted by Crippen LogP contribution is -2.20. The molecule has 13 heavy (non-hydrogen) atoms. The molecule has 0 spiro atoms. The molecule has 0 saturated carbocycles. The van der Waals surface area contributed by atoms with Crippen LogP contribution in [0.4, 0.5) is 0 Å². The summed E-state index contributed by atoms with van der Waals surface area (Å²) in [6, 6.07) is 12.5. The van der Waals surface area contributed by atoms with Crippen LogP contribution in [-0.4, -0.2) is 6.67 Å². The van der Waals surface area contributed by atoms with E-state index in [0.717, 1.165) is 10.7 Å². The van der Waals surface area contributed by atoms with Gasteiger partial charge in [-0.3, -0.25) is 9.98 Å². The number of benzene rings is 2. The van der Waals surface area contributed by atoms with Crippen LogP contribution in [0.1, 0.15) is 0 Å². The van der Waals surface area contributed by atoms with Crippen LogP contribution < -0.4 is 10.7 Å². The maximum atomic E-state index is 4.28. The van der Waals surface area contributed by atoms with E-state index < -0.39 is 0 Å². The first-order valence-corrected chi connectivity index (χ1v) is 4.31. The highest BCUT2D eigenvalue weighted by molar-refractivity contribution is 5.81. The predicted octanol–water partition coefficient (Wildman–Crippen LogP) is 1.05. The van der Waals surface area contributed by atoms with E-state index in [2.05, 4.69) is 34.3 Å². The van der Waals surface area contributed by atoms with Gasteiger partial charge in [-0.15, -0.1) is 0 Å². The summed E-state index contributed by atoms with van der Waals surface area (Å²) in [6.45, 7) is 0.589. The van der Waals surface area contributed by atoms with Crippen LogP contribution in [-0.2, 0) is 0 Å². The van der Waals surface area contributed by atoms with Gasteiger partial charge in [0, 0.05) is 0 Å². The Morgan fingerprint density at radius 1 is 0.846 bits per heavy atom. The van der Waals surface area contributed by atoms with Crippen LogP contribution in [0.15, 0.2) is 46.4 Å². The molecule has 0 unspecified atom stereocenters. The second-order valence-corrected chi connectivity index (χ2v) is 3.15. The molecule has 0 radical (unpaired) electrons. The van der Waals surface area contributed by atoms with E-state index in [9.17, 15) is 0 Å².